The lowest BCUT2D eigenvalue weighted by molar-refractivity contribution is 0.669. The predicted molar refractivity (Wildman–Crippen MR) is 283 cm³/mol. The van der Waals surface area contributed by atoms with Gasteiger partial charge in [-0.2, -0.15) is 9.97 Å². The first-order chi connectivity index (χ1) is 34.2. The zero-order valence-electron chi connectivity index (χ0n) is 37.2. The van der Waals surface area contributed by atoms with Crippen molar-refractivity contribution in [2.45, 2.75) is 0 Å². The van der Waals surface area contributed by atoms with Crippen LogP contribution in [0.25, 0.3) is 133 Å². The summed E-state index contributed by atoms with van der Waals surface area (Å²) in [5.74, 6) is 1.58. The molecule has 0 aliphatic rings. The number of hydrogen-bond acceptors (Lipinski definition) is 4. The summed E-state index contributed by atoms with van der Waals surface area (Å²) in [7, 11) is 0. The average Bonchev–Trinajstić information content (AvgIpc) is 4.10. The Morgan fingerprint density at radius 1 is 0.319 bits per heavy atom. The number of para-hydroxylation sites is 3. The molecule has 4 aromatic heterocycles. The van der Waals surface area contributed by atoms with E-state index in [0.717, 1.165) is 110 Å². The van der Waals surface area contributed by atoms with E-state index in [4.69, 9.17) is 19.4 Å². The molecule has 14 aromatic rings. The van der Waals surface area contributed by atoms with Gasteiger partial charge in [-0.05, 0) is 69.8 Å². The quantitative estimate of drug-likeness (QED) is 0.160. The van der Waals surface area contributed by atoms with Crippen LogP contribution in [0.15, 0.2) is 241 Å². The molecule has 69 heavy (non-hydrogen) atoms. The molecule has 0 fully saturated rings. The molecular weight excluding hydrogens is 843 g/mol. The molecule has 0 amide bonds. The van der Waals surface area contributed by atoms with Crippen molar-refractivity contribution in [2.75, 3.05) is 0 Å². The molecule has 322 valence electrons. The van der Waals surface area contributed by atoms with Crippen molar-refractivity contribution in [2.24, 2.45) is 0 Å². The lowest BCUT2D eigenvalue weighted by atomic mass is 9.99. The smallest absolute Gasteiger partial charge is 0.238 e. The van der Waals surface area contributed by atoms with Crippen LogP contribution in [-0.2, 0) is 0 Å². The van der Waals surface area contributed by atoms with Crippen molar-refractivity contribution >= 4 is 65.6 Å². The minimum Gasteiger partial charge on any atom is -0.455 e. The third-order valence-electron chi connectivity index (χ3n) is 13.6. The van der Waals surface area contributed by atoms with Gasteiger partial charge < -0.3 is 8.98 Å². The molecule has 14 rings (SSSR count). The van der Waals surface area contributed by atoms with E-state index in [1.54, 1.807) is 0 Å². The lowest BCUT2D eigenvalue weighted by Crippen LogP contribution is -2.07. The minimum absolute atomic E-state index is 0.508. The van der Waals surface area contributed by atoms with Crippen LogP contribution < -0.4 is 0 Å². The van der Waals surface area contributed by atoms with Gasteiger partial charge in [-0.1, -0.05) is 200 Å². The maximum absolute atomic E-state index is 6.87. The van der Waals surface area contributed by atoms with Gasteiger partial charge in [0.05, 0.1) is 27.6 Å². The molecule has 0 aliphatic carbocycles. The summed E-state index contributed by atoms with van der Waals surface area (Å²) in [6.45, 7) is 0. The van der Waals surface area contributed by atoms with Gasteiger partial charge in [0.25, 0.3) is 0 Å². The summed E-state index contributed by atoms with van der Waals surface area (Å²) in [4.78, 5) is 16.3. The molecule has 6 nitrogen and oxygen atoms in total. The van der Waals surface area contributed by atoms with E-state index in [2.05, 4.69) is 228 Å². The minimum atomic E-state index is 0.508. The molecule has 0 saturated carbocycles. The summed E-state index contributed by atoms with van der Waals surface area (Å²) in [6.07, 6.45) is 0. The van der Waals surface area contributed by atoms with E-state index in [9.17, 15) is 0 Å². The molecule has 0 saturated heterocycles. The van der Waals surface area contributed by atoms with Gasteiger partial charge in [-0.15, -0.1) is 0 Å². The molecule has 4 heterocycles. The third-order valence-corrected chi connectivity index (χ3v) is 13.6. The fourth-order valence-electron chi connectivity index (χ4n) is 10.5. The highest BCUT2D eigenvalue weighted by molar-refractivity contribution is 6.24. The van der Waals surface area contributed by atoms with Crippen LogP contribution in [0.1, 0.15) is 0 Å². The van der Waals surface area contributed by atoms with E-state index in [1.807, 2.05) is 18.2 Å². The Kier molecular flexibility index (Phi) is 8.79. The van der Waals surface area contributed by atoms with Crippen LogP contribution in [0.3, 0.4) is 0 Å². The van der Waals surface area contributed by atoms with Crippen molar-refractivity contribution in [1.82, 2.24) is 24.1 Å². The van der Waals surface area contributed by atoms with Crippen LogP contribution >= 0.6 is 0 Å². The molecule has 6 heteroatoms. The second kappa shape index (κ2) is 15.6. The average molecular weight is 882 g/mol. The number of aromatic nitrogens is 5. The van der Waals surface area contributed by atoms with Gasteiger partial charge in [0.1, 0.15) is 11.2 Å². The Morgan fingerprint density at radius 3 is 1.54 bits per heavy atom. The summed E-state index contributed by atoms with van der Waals surface area (Å²) in [6, 6.07) is 83.2. The highest BCUT2D eigenvalue weighted by Gasteiger charge is 2.25. The first-order valence-corrected chi connectivity index (χ1v) is 23.3. The summed E-state index contributed by atoms with van der Waals surface area (Å²) >= 11 is 0. The highest BCUT2D eigenvalue weighted by atomic mass is 16.3. The Balaban J connectivity index is 1.07. The number of rotatable bonds is 7. The van der Waals surface area contributed by atoms with E-state index in [1.165, 1.54) is 5.39 Å². The molecular formula is C63H39N5O. The Labute approximate surface area is 396 Å². The molecule has 0 N–H and O–H groups in total. The van der Waals surface area contributed by atoms with Crippen molar-refractivity contribution in [3.8, 4) is 67.8 Å². The first-order valence-electron chi connectivity index (χ1n) is 23.3. The van der Waals surface area contributed by atoms with Crippen LogP contribution in [0.5, 0.6) is 0 Å². The number of hydrogen-bond donors (Lipinski definition) is 0. The summed E-state index contributed by atoms with van der Waals surface area (Å²) in [5.41, 5.74) is 15.2. The van der Waals surface area contributed by atoms with Crippen molar-refractivity contribution in [3.63, 3.8) is 0 Å². The fourth-order valence-corrected chi connectivity index (χ4v) is 10.5. The molecule has 0 bridgehead atoms. The second-order valence-electron chi connectivity index (χ2n) is 17.5. The monoisotopic (exact) mass is 881 g/mol. The third kappa shape index (κ3) is 6.23. The lowest BCUT2D eigenvalue weighted by Gasteiger charge is -2.14. The number of benzene rings is 10. The van der Waals surface area contributed by atoms with Crippen molar-refractivity contribution in [3.05, 3.63) is 237 Å². The molecule has 10 aromatic carbocycles. The predicted octanol–water partition coefficient (Wildman–Crippen LogP) is 16.3. The number of nitrogens with zero attached hydrogens (tertiary/aromatic N) is 5. The van der Waals surface area contributed by atoms with Crippen LogP contribution in [0.2, 0.25) is 0 Å². The highest BCUT2D eigenvalue weighted by Crippen LogP contribution is 2.44. The van der Waals surface area contributed by atoms with Crippen molar-refractivity contribution in [1.29, 1.82) is 0 Å². The van der Waals surface area contributed by atoms with E-state index in [-0.39, 0.29) is 0 Å². The zero-order valence-corrected chi connectivity index (χ0v) is 37.2. The van der Waals surface area contributed by atoms with Gasteiger partial charge in [0.15, 0.2) is 11.6 Å². The van der Waals surface area contributed by atoms with Crippen molar-refractivity contribution < 1.29 is 4.42 Å². The molecule has 0 aliphatic heterocycles. The zero-order chi connectivity index (χ0) is 45.4. The summed E-state index contributed by atoms with van der Waals surface area (Å²) in [5, 5.41) is 6.56. The van der Waals surface area contributed by atoms with Crippen LogP contribution in [-0.4, -0.2) is 24.1 Å². The van der Waals surface area contributed by atoms with Crippen LogP contribution in [0, 0.1) is 0 Å². The normalized spacial score (nSPS) is 11.8. The van der Waals surface area contributed by atoms with Gasteiger partial charge in [0, 0.05) is 43.6 Å². The maximum atomic E-state index is 6.87. The van der Waals surface area contributed by atoms with Crippen LogP contribution in [0.4, 0.5) is 0 Å². The Bertz CT molecular complexity index is 4280. The molecule has 0 spiro atoms. The number of furan rings is 1. The van der Waals surface area contributed by atoms with Gasteiger partial charge in [0.2, 0.25) is 5.95 Å². The maximum Gasteiger partial charge on any atom is 0.238 e. The largest absolute Gasteiger partial charge is 0.455 e. The summed E-state index contributed by atoms with van der Waals surface area (Å²) < 4.78 is 11.5. The van der Waals surface area contributed by atoms with E-state index >= 15 is 0 Å². The van der Waals surface area contributed by atoms with E-state index in [0.29, 0.717) is 17.6 Å². The van der Waals surface area contributed by atoms with Gasteiger partial charge >= 0.3 is 0 Å². The standard InChI is InChI=1S/C63H39N5O/c1-4-17-40(18-5-1)42-33-35-44(36-34-42)61-64-62(53-29-15-28-52-57-47(43-21-8-3-9-22-43)27-16-32-56(57)69-60(52)53)66-63(65-61)68-55-31-13-11-26-49(55)51-38-37-50-48-25-10-12-30-54(48)67(58(50)59(51)68)46-24-14-23-45(39-46)41-19-6-2-7-20-41/h1-39H. The Hall–Kier alpha value is -9.39. The molecule has 0 unspecified atom stereocenters. The first kappa shape index (κ1) is 38.8. The molecule has 0 atom stereocenters. The Morgan fingerprint density at radius 2 is 0.826 bits per heavy atom. The second-order valence-corrected chi connectivity index (χ2v) is 17.5. The fraction of sp³-hybridized carbons (Fsp3) is 0. The van der Waals surface area contributed by atoms with Gasteiger partial charge in [-0.3, -0.25) is 4.57 Å². The SMILES string of the molecule is c1ccc(-c2ccc(-c3nc(-c4cccc5c4oc4cccc(-c6ccccc6)c45)nc(-n4c5ccccc5c5ccc6c7ccccc7n(-c7cccc(-c8ccccc8)c7)c6c54)n3)cc2)cc1. The van der Waals surface area contributed by atoms with E-state index < -0.39 is 0 Å². The number of fused-ring (bicyclic) bond motifs is 10. The van der Waals surface area contributed by atoms with Gasteiger partial charge in [-0.25, -0.2) is 4.98 Å². The molecule has 0 radical (unpaired) electrons. The topological polar surface area (TPSA) is 61.7 Å².